The lowest BCUT2D eigenvalue weighted by atomic mass is 10.1. The van der Waals surface area contributed by atoms with Gasteiger partial charge in [-0.25, -0.2) is 0 Å². The Labute approximate surface area is 102 Å². The van der Waals surface area contributed by atoms with Crippen LogP contribution in [-0.2, 0) is 0 Å². The van der Waals surface area contributed by atoms with Crippen LogP contribution >= 0.6 is 0 Å². The molecule has 0 amide bonds. The van der Waals surface area contributed by atoms with Gasteiger partial charge in [0.25, 0.3) is 0 Å². The van der Waals surface area contributed by atoms with E-state index in [0.29, 0.717) is 0 Å². The summed E-state index contributed by atoms with van der Waals surface area (Å²) >= 11 is 0. The van der Waals surface area contributed by atoms with Gasteiger partial charge in [-0.05, 0) is 43.8 Å². The first-order valence-electron chi connectivity index (χ1n) is 7.04. The zero-order chi connectivity index (χ0) is 12.0. The molecule has 0 radical (unpaired) electrons. The zero-order valence-electron chi connectivity index (χ0n) is 11.6. The SMILES string of the molecule is CCC(C)CN1CCC(CNCC(C)C)C1. The second kappa shape index (κ2) is 7.29. The Balaban J connectivity index is 2.10. The summed E-state index contributed by atoms with van der Waals surface area (Å²) in [4.78, 5) is 2.65. The van der Waals surface area contributed by atoms with Gasteiger partial charge in [-0.1, -0.05) is 34.1 Å². The molecule has 1 rings (SSSR count). The summed E-state index contributed by atoms with van der Waals surface area (Å²) in [6, 6.07) is 0. The molecule has 1 aliphatic rings. The van der Waals surface area contributed by atoms with Gasteiger partial charge in [0, 0.05) is 13.1 Å². The molecule has 0 aromatic rings. The van der Waals surface area contributed by atoms with E-state index >= 15 is 0 Å². The first-order chi connectivity index (χ1) is 7.61. The fourth-order valence-electron chi connectivity index (χ4n) is 2.39. The molecule has 1 saturated heterocycles. The van der Waals surface area contributed by atoms with E-state index in [-0.39, 0.29) is 0 Å². The minimum absolute atomic E-state index is 0.776. The first-order valence-corrected chi connectivity index (χ1v) is 7.04. The molecule has 0 aromatic carbocycles. The number of nitrogens with one attached hydrogen (secondary N) is 1. The fraction of sp³-hybridized carbons (Fsp3) is 1.00. The molecule has 1 aliphatic heterocycles. The van der Waals surface area contributed by atoms with Crippen molar-refractivity contribution in [3.8, 4) is 0 Å². The maximum atomic E-state index is 3.59. The molecule has 96 valence electrons. The Hall–Kier alpha value is -0.0800. The van der Waals surface area contributed by atoms with Crippen LogP contribution < -0.4 is 5.32 Å². The molecule has 2 nitrogen and oxygen atoms in total. The lowest BCUT2D eigenvalue weighted by molar-refractivity contribution is 0.273. The third kappa shape index (κ3) is 5.31. The van der Waals surface area contributed by atoms with E-state index in [2.05, 4.69) is 37.9 Å². The van der Waals surface area contributed by atoms with Crippen molar-refractivity contribution in [1.29, 1.82) is 0 Å². The minimum atomic E-state index is 0.776. The third-order valence-electron chi connectivity index (χ3n) is 3.62. The number of likely N-dealkylation sites (tertiary alicyclic amines) is 1. The Kier molecular flexibility index (Phi) is 6.37. The Morgan fingerprint density at radius 1 is 1.31 bits per heavy atom. The van der Waals surface area contributed by atoms with Crippen LogP contribution in [0, 0.1) is 17.8 Å². The monoisotopic (exact) mass is 226 g/mol. The number of hydrogen-bond donors (Lipinski definition) is 1. The highest BCUT2D eigenvalue weighted by Crippen LogP contribution is 2.17. The van der Waals surface area contributed by atoms with Gasteiger partial charge >= 0.3 is 0 Å². The molecule has 1 N–H and O–H groups in total. The molecule has 16 heavy (non-hydrogen) atoms. The van der Waals surface area contributed by atoms with Crippen molar-refractivity contribution >= 4 is 0 Å². The average Bonchev–Trinajstić information content (AvgIpc) is 2.65. The summed E-state index contributed by atoms with van der Waals surface area (Å²) in [5.41, 5.74) is 0. The van der Waals surface area contributed by atoms with E-state index in [9.17, 15) is 0 Å². The van der Waals surface area contributed by atoms with Crippen LogP contribution in [0.2, 0.25) is 0 Å². The average molecular weight is 226 g/mol. The molecule has 2 unspecified atom stereocenters. The van der Waals surface area contributed by atoms with Gasteiger partial charge in [0.15, 0.2) is 0 Å². The summed E-state index contributed by atoms with van der Waals surface area (Å²) in [5, 5.41) is 3.59. The van der Waals surface area contributed by atoms with Crippen molar-refractivity contribution in [2.75, 3.05) is 32.7 Å². The number of hydrogen-bond acceptors (Lipinski definition) is 2. The van der Waals surface area contributed by atoms with Crippen LogP contribution in [0.3, 0.4) is 0 Å². The van der Waals surface area contributed by atoms with Gasteiger partial charge in [0.1, 0.15) is 0 Å². The first kappa shape index (κ1) is 14.0. The predicted molar refractivity (Wildman–Crippen MR) is 71.7 cm³/mol. The zero-order valence-corrected chi connectivity index (χ0v) is 11.6. The lowest BCUT2D eigenvalue weighted by Crippen LogP contribution is -2.30. The van der Waals surface area contributed by atoms with E-state index in [4.69, 9.17) is 0 Å². The fourth-order valence-corrected chi connectivity index (χ4v) is 2.39. The highest BCUT2D eigenvalue weighted by Gasteiger charge is 2.22. The number of nitrogens with zero attached hydrogens (tertiary/aromatic N) is 1. The minimum Gasteiger partial charge on any atom is -0.316 e. The lowest BCUT2D eigenvalue weighted by Gasteiger charge is -2.20. The van der Waals surface area contributed by atoms with Gasteiger partial charge in [0.05, 0.1) is 0 Å². The summed E-state index contributed by atoms with van der Waals surface area (Å²) in [6.07, 6.45) is 2.70. The highest BCUT2D eigenvalue weighted by molar-refractivity contribution is 4.78. The largest absolute Gasteiger partial charge is 0.316 e. The molecule has 0 aliphatic carbocycles. The van der Waals surface area contributed by atoms with Crippen molar-refractivity contribution in [3.05, 3.63) is 0 Å². The molecular weight excluding hydrogens is 196 g/mol. The molecule has 0 bridgehead atoms. The van der Waals surface area contributed by atoms with Crippen LogP contribution in [0.25, 0.3) is 0 Å². The van der Waals surface area contributed by atoms with Crippen molar-refractivity contribution < 1.29 is 0 Å². The van der Waals surface area contributed by atoms with Crippen LogP contribution in [0.5, 0.6) is 0 Å². The van der Waals surface area contributed by atoms with Crippen molar-refractivity contribution in [2.45, 2.75) is 40.5 Å². The highest BCUT2D eigenvalue weighted by atomic mass is 15.1. The molecule has 2 atom stereocenters. The third-order valence-corrected chi connectivity index (χ3v) is 3.62. The summed E-state index contributed by atoms with van der Waals surface area (Å²) < 4.78 is 0. The van der Waals surface area contributed by atoms with Crippen molar-refractivity contribution in [2.24, 2.45) is 17.8 Å². The van der Waals surface area contributed by atoms with Gasteiger partial charge in [-0.2, -0.15) is 0 Å². The van der Waals surface area contributed by atoms with Gasteiger partial charge in [-0.3, -0.25) is 0 Å². The second-order valence-corrected chi connectivity index (χ2v) is 5.98. The molecule has 1 fully saturated rings. The summed E-state index contributed by atoms with van der Waals surface area (Å²) in [7, 11) is 0. The van der Waals surface area contributed by atoms with Crippen LogP contribution in [0.4, 0.5) is 0 Å². The van der Waals surface area contributed by atoms with Gasteiger partial charge in [0.2, 0.25) is 0 Å². The van der Waals surface area contributed by atoms with E-state index in [1.165, 1.54) is 45.6 Å². The smallest absolute Gasteiger partial charge is 0.00224 e. The Morgan fingerprint density at radius 3 is 2.69 bits per heavy atom. The molecule has 0 aromatic heterocycles. The standard InChI is InChI=1S/C14H30N2/c1-5-13(4)10-16-7-6-14(11-16)9-15-8-12(2)3/h12-15H,5-11H2,1-4H3. The molecular formula is C14H30N2. The van der Waals surface area contributed by atoms with Crippen molar-refractivity contribution in [1.82, 2.24) is 10.2 Å². The molecule has 0 spiro atoms. The predicted octanol–water partition coefficient (Wildman–Crippen LogP) is 2.60. The Bertz CT molecular complexity index is 180. The van der Waals surface area contributed by atoms with Gasteiger partial charge < -0.3 is 10.2 Å². The summed E-state index contributed by atoms with van der Waals surface area (Å²) in [6.45, 7) is 15.5. The molecule has 2 heteroatoms. The van der Waals surface area contributed by atoms with Crippen molar-refractivity contribution in [3.63, 3.8) is 0 Å². The number of rotatable bonds is 7. The van der Waals surface area contributed by atoms with Gasteiger partial charge in [-0.15, -0.1) is 0 Å². The van der Waals surface area contributed by atoms with E-state index in [0.717, 1.165) is 17.8 Å². The maximum Gasteiger partial charge on any atom is 0.00224 e. The van der Waals surface area contributed by atoms with Crippen LogP contribution in [0.15, 0.2) is 0 Å². The normalized spacial score (nSPS) is 24.2. The molecule has 0 saturated carbocycles. The summed E-state index contributed by atoms with van der Waals surface area (Å²) in [5.74, 6) is 2.53. The quantitative estimate of drug-likeness (QED) is 0.718. The van der Waals surface area contributed by atoms with Crippen LogP contribution in [-0.4, -0.2) is 37.6 Å². The second-order valence-electron chi connectivity index (χ2n) is 5.98. The van der Waals surface area contributed by atoms with Crippen LogP contribution in [0.1, 0.15) is 40.5 Å². The van der Waals surface area contributed by atoms with E-state index in [1.807, 2.05) is 0 Å². The van der Waals surface area contributed by atoms with E-state index < -0.39 is 0 Å². The Morgan fingerprint density at radius 2 is 2.06 bits per heavy atom. The van der Waals surface area contributed by atoms with E-state index in [1.54, 1.807) is 0 Å². The topological polar surface area (TPSA) is 15.3 Å². The molecule has 1 heterocycles. The maximum absolute atomic E-state index is 3.59.